The van der Waals surface area contributed by atoms with Gasteiger partial charge in [-0.15, -0.1) is 0 Å². The Morgan fingerprint density at radius 3 is 2.28 bits per heavy atom. The molecule has 3 N–H and O–H groups in total. The van der Waals surface area contributed by atoms with Crippen LogP contribution in [0.4, 0.5) is 11.4 Å². The summed E-state index contributed by atoms with van der Waals surface area (Å²) in [6, 6.07) is 18.9. The van der Waals surface area contributed by atoms with Crippen LogP contribution in [0.5, 0.6) is 5.75 Å². The lowest BCUT2D eigenvalue weighted by Crippen LogP contribution is -2.36. The summed E-state index contributed by atoms with van der Waals surface area (Å²) in [5.74, 6) is -0.814. The predicted molar refractivity (Wildman–Crippen MR) is 148 cm³/mol. The molecule has 0 fully saturated rings. The van der Waals surface area contributed by atoms with Crippen molar-refractivity contribution in [1.82, 2.24) is 9.73 Å². The van der Waals surface area contributed by atoms with Gasteiger partial charge in [-0.3, -0.25) is 14.4 Å². The summed E-state index contributed by atoms with van der Waals surface area (Å²) in [5.41, 5.74) is 3.93. The number of carbonyl (C=O) groups is 3. The summed E-state index contributed by atoms with van der Waals surface area (Å²) >= 11 is 5.90. The van der Waals surface area contributed by atoms with Gasteiger partial charge in [0.15, 0.2) is 6.61 Å². The van der Waals surface area contributed by atoms with E-state index in [1.165, 1.54) is 44.5 Å². The van der Waals surface area contributed by atoms with Gasteiger partial charge < -0.3 is 15.4 Å². The number of ether oxygens (including phenoxy) is 1. The van der Waals surface area contributed by atoms with Gasteiger partial charge in [-0.05, 0) is 72.3 Å². The van der Waals surface area contributed by atoms with Crippen molar-refractivity contribution in [1.29, 1.82) is 0 Å². The molecule has 0 bridgehead atoms. The van der Waals surface area contributed by atoms with Crippen molar-refractivity contribution in [2.24, 2.45) is 5.10 Å². The van der Waals surface area contributed by atoms with Gasteiger partial charge in [-0.2, -0.15) is 9.41 Å². The van der Waals surface area contributed by atoms with E-state index in [9.17, 15) is 22.8 Å². The summed E-state index contributed by atoms with van der Waals surface area (Å²) in [4.78, 5) is 35.3. The van der Waals surface area contributed by atoms with Gasteiger partial charge in [0.05, 0.1) is 17.7 Å². The van der Waals surface area contributed by atoms with Gasteiger partial charge in [-0.1, -0.05) is 17.7 Å². The van der Waals surface area contributed by atoms with E-state index in [1.54, 1.807) is 48.5 Å². The molecule has 204 valence electrons. The largest absolute Gasteiger partial charge is 0.484 e. The zero-order chi connectivity index (χ0) is 28.4. The van der Waals surface area contributed by atoms with Crippen LogP contribution in [0.25, 0.3) is 0 Å². The van der Waals surface area contributed by atoms with Crippen molar-refractivity contribution >= 4 is 56.9 Å². The Balaban J connectivity index is 1.45. The van der Waals surface area contributed by atoms with Gasteiger partial charge in [0.2, 0.25) is 15.9 Å². The number of anilines is 2. The quantitative estimate of drug-likeness (QED) is 0.238. The highest BCUT2D eigenvalue weighted by Crippen LogP contribution is 2.18. The fraction of sp³-hybridized carbons (Fsp3) is 0.154. The van der Waals surface area contributed by atoms with Crippen molar-refractivity contribution in [2.75, 3.05) is 30.8 Å². The Morgan fingerprint density at radius 1 is 0.949 bits per heavy atom. The topological polar surface area (TPSA) is 146 Å². The third kappa shape index (κ3) is 9.21. The third-order valence-electron chi connectivity index (χ3n) is 5.01. The molecule has 0 aliphatic rings. The van der Waals surface area contributed by atoms with E-state index >= 15 is 0 Å². The maximum absolute atomic E-state index is 12.7. The Morgan fingerprint density at radius 2 is 1.64 bits per heavy atom. The molecule has 11 nitrogen and oxygen atoms in total. The summed E-state index contributed by atoms with van der Waals surface area (Å²) in [6.45, 7) is 0.680. The smallest absolute Gasteiger partial charge is 0.262 e. The Bertz CT molecular complexity index is 1460. The number of nitrogens with one attached hydrogen (secondary N) is 3. The number of carbonyl (C=O) groups excluding carboxylic acids is 3. The van der Waals surface area contributed by atoms with Crippen LogP contribution in [0.2, 0.25) is 5.02 Å². The second kappa shape index (κ2) is 13.5. The molecule has 3 aromatic rings. The molecule has 0 aromatic heterocycles. The molecule has 39 heavy (non-hydrogen) atoms. The van der Waals surface area contributed by atoms with E-state index in [0.29, 0.717) is 27.7 Å². The average molecular weight is 572 g/mol. The van der Waals surface area contributed by atoms with Crippen molar-refractivity contribution in [3.8, 4) is 5.75 Å². The fourth-order valence-corrected chi connectivity index (χ4v) is 4.47. The maximum Gasteiger partial charge on any atom is 0.262 e. The van der Waals surface area contributed by atoms with Crippen molar-refractivity contribution < 1.29 is 27.5 Å². The Labute approximate surface area is 230 Å². The first-order chi connectivity index (χ1) is 18.5. The van der Waals surface area contributed by atoms with Gasteiger partial charge in [0, 0.05) is 30.4 Å². The van der Waals surface area contributed by atoms with E-state index < -0.39 is 22.5 Å². The zero-order valence-corrected chi connectivity index (χ0v) is 22.6. The van der Waals surface area contributed by atoms with Crippen molar-refractivity contribution in [3.05, 3.63) is 83.4 Å². The number of amides is 3. The number of rotatable bonds is 11. The summed E-state index contributed by atoms with van der Waals surface area (Å²) in [6.07, 6.45) is 1.38. The van der Waals surface area contributed by atoms with Gasteiger partial charge >= 0.3 is 0 Å². The van der Waals surface area contributed by atoms with Crippen LogP contribution < -0.4 is 20.8 Å². The van der Waals surface area contributed by atoms with Crippen LogP contribution in [0, 0.1) is 0 Å². The normalized spacial score (nSPS) is 11.3. The van der Waals surface area contributed by atoms with E-state index in [4.69, 9.17) is 16.3 Å². The van der Waals surface area contributed by atoms with Crippen LogP contribution in [-0.4, -0.2) is 56.9 Å². The molecule has 0 aliphatic heterocycles. The highest BCUT2D eigenvalue weighted by molar-refractivity contribution is 7.89. The second-order valence-electron chi connectivity index (χ2n) is 8.18. The molecule has 0 saturated heterocycles. The Hall–Kier alpha value is -4.26. The molecule has 0 saturated carbocycles. The molecule has 3 rings (SSSR count). The third-order valence-corrected chi connectivity index (χ3v) is 7.06. The van der Waals surface area contributed by atoms with Crippen LogP contribution in [0.3, 0.4) is 0 Å². The van der Waals surface area contributed by atoms with Crippen LogP contribution >= 0.6 is 11.6 Å². The first kappa shape index (κ1) is 29.3. The maximum atomic E-state index is 12.7. The van der Waals surface area contributed by atoms with E-state index in [0.717, 1.165) is 4.31 Å². The number of likely N-dealkylation sites (N-methyl/N-ethyl adjacent to an activating group) is 1. The lowest BCUT2D eigenvalue weighted by molar-refractivity contribution is -0.121. The SMILES string of the molecule is CC(=O)Nc1ccc(S(=O)(=O)N(C)CC(=O)N/N=C/c2ccc(OCC(=O)Nc3cccc(Cl)c3)cc2)cc1. The highest BCUT2D eigenvalue weighted by atomic mass is 35.5. The fourth-order valence-electron chi connectivity index (χ4n) is 3.16. The number of hydrogen-bond acceptors (Lipinski definition) is 7. The Kier molecular flexibility index (Phi) is 10.1. The molecule has 0 heterocycles. The molecule has 0 aliphatic carbocycles. The molecule has 0 radical (unpaired) electrons. The summed E-state index contributed by atoms with van der Waals surface area (Å²) < 4.78 is 31.8. The molecule has 0 spiro atoms. The van der Waals surface area contributed by atoms with Gasteiger partial charge in [0.25, 0.3) is 11.8 Å². The number of hydrazone groups is 1. The van der Waals surface area contributed by atoms with E-state index in [-0.39, 0.29) is 23.3 Å². The molecule has 13 heteroatoms. The number of hydrogen-bond donors (Lipinski definition) is 3. The molecular formula is C26H26ClN5O6S. The van der Waals surface area contributed by atoms with Gasteiger partial charge in [0.1, 0.15) is 5.75 Å². The summed E-state index contributed by atoms with van der Waals surface area (Å²) in [5, 5.41) is 9.58. The standard InChI is InChI=1S/C26H26ClN5O6S/c1-18(33)29-21-8-12-24(13-9-21)39(36,37)32(2)16-25(34)31-28-15-19-6-10-23(11-7-19)38-17-26(35)30-22-5-3-4-20(27)14-22/h3-15H,16-17H2,1-2H3,(H,29,33)(H,30,35)(H,31,34)/b28-15+. The van der Waals surface area contributed by atoms with Crippen LogP contribution in [-0.2, 0) is 24.4 Å². The van der Waals surface area contributed by atoms with Crippen molar-refractivity contribution in [3.63, 3.8) is 0 Å². The first-order valence-electron chi connectivity index (χ1n) is 11.5. The zero-order valence-electron chi connectivity index (χ0n) is 21.0. The molecule has 0 unspecified atom stereocenters. The average Bonchev–Trinajstić information content (AvgIpc) is 2.88. The van der Waals surface area contributed by atoms with E-state index in [1.807, 2.05) is 0 Å². The highest BCUT2D eigenvalue weighted by Gasteiger charge is 2.22. The lowest BCUT2D eigenvalue weighted by atomic mass is 10.2. The minimum Gasteiger partial charge on any atom is -0.484 e. The number of benzene rings is 3. The molecular weight excluding hydrogens is 546 g/mol. The molecule has 3 amide bonds. The minimum absolute atomic E-state index is 0.0281. The monoisotopic (exact) mass is 571 g/mol. The number of sulfonamides is 1. The number of nitrogens with zero attached hydrogens (tertiary/aromatic N) is 2. The molecule has 0 atom stereocenters. The number of halogens is 1. The summed E-state index contributed by atoms with van der Waals surface area (Å²) in [7, 11) is -2.66. The second-order valence-corrected chi connectivity index (χ2v) is 10.7. The minimum atomic E-state index is -3.93. The lowest BCUT2D eigenvalue weighted by Gasteiger charge is -2.16. The van der Waals surface area contributed by atoms with Crippen LogP contribution in [0.1, 0.15) is 12.5 Å². The molecule has 3 aromatic carbocycles. The van der Waals surface area contributed by atoms with E-state index in [2.05, 4.69) is 21.2 Å². The van der Waals surface area contributed by atoms with Gasteiger partial charge in [-0.25, -0.2) is 13.8 Å². The van der Waals surface area contributed by atoms with Crippen molar-refractivity contribution in [2.45, 2.75) is 11.8 Å². The first-order valence-corrected chi connectivity index (χ1v) is 13.3. The van der Waals surface area contributed by atoms with Crippen LogP contribution in [0.15, 0.2) is 82.8 Å². The predicted octanol–water partition coefficient (Wildman–Crippen LogP) is 3.09.